The van der Waals surface area contributed by atoms with Crippen molar-refractivity contribution in [1.82, 2.24) is 10.6 Å². The van der Waals surface area contributed by atoms with Crippen LogP contribution in [0.2, 0.25) is 0 Å². The molecule has 0 spiro atoms. The molecule has 1 unspecified atom stereocenters. The molecule has 0 saturated carbocycles. The van der Waals surface area contributed by atoms with E-state index in [0.29, 0.717) is 43.4 Å². The number of rotatable bonds is 3. The number of nitrogens with one attached hydrogen (secondary N) is 2. The first kappa shape index (κ1) is 23.7. The Morgan fingerprint density at radius 2 is 1.21 bits per heavy atom. The van der Waals surface area contributed by atoms with E-state index in [1.165, 1.54) is 0 Å². The van der Waals surface area contributed by atoms with E-state index in [2.05, 4.69) is 63.3 Å². The number of halogens is 2. The van der Waals surface area contributed by atoms with Crippen molar-refractivity contribution in [2.45, 2.75) is 33.1 Å². The topological polar surface area (TPSA) is 92.3 Å². The van der Waals surface area contributed by atoms with Crippen LogP contribution in [0.15, 0.2) is 39.3 Å². The van der Waals surface area contributed by atoms with Gasteiger partial charge in [-0.05, 0) is 68.7 Å². The fraction of sp³-hybridized carbons (Fsp3) is 0.200. The highest BCUT2D eigenvalue weighted by atomic mass is 79.9. The molecule has 5 aromatic rings. The molecule has 8 heteroatoms. The fourth-order valence-electron chi connectivity index (χ4n) is 6.63. The van der Waals surface area contributed by atoms with E-state index in [-0.39, 0.29) is 5.92 Å². The van der Waals surface area contributed by atoms with Gasteiger partial charge in [0.2, 0.25) is 0 Å². The van der Waals surface area contributed by atoms with E-state index in [4.69, 9.17) is 0 Å². The first-order valence-corrected chi connectivity index (χ1v) is 14.0. The molecule has 0 bridgehead atoms. The summed E-state index contributed by atoms with van der Waals surface area (Å²) in [4.78, 5) is 52.2. The lowest BCUT2D eigenvalue weighted by Gasteiger charge is -2.29. The van der Waals surface area contributed by atoms with Gasteiger partial charge in [0.15, 0.2) is 0 Å². The van der Waals surface area contributed by atoms with Crippen LogP contribution in [0.1, 0.15) is 80.1 Å². The smallest absolute Gasteiger partial charge is 0.259 e. The number of imide groups is 2. The van der Waals surface area contributed by atoms with Gasteiger partial charge in [-0.15, -0.1) is 0 Å². The van der Waals surface area contributed by atoms with Crippen LogP contribution in [-0.4, -0.2) is 23.6 Å². The SMILES string of the molecule is CC(C)CC(C)c1c2c3c(ccc4c5c(Br)cc6c7c(ccc(c(c1Br)c34)c75)C(=O)NC6=O)C(=O)NC2=O. The molecule has 2 aliphatic heterocycles. The molecule has 38 heavy (non-hydrogen) atoms. The van der Waals surface area contributed by atoms with Crippen LogP contribution in [-0.2, 0) is 0 Å². The predicted molar refractivity (Wildman–Crippen MR) is 155 cm³/mol. The molecule has 4 amide bonds. The summed E-state index contributed by atoms with van der Waals surface area (Å²) in [6.07, 6.45) is 0.849. The second kappa shape index (κ2) is 7.83. The van der Waals surface area contributed by atoms with Gasteiger partial charge in [0.05, 0.1) is 5.56 Å². The maximum atomic E-state index is 13.4. The molecule has 0 radical (unpaired) electrons. The van der Waals surface area contributed by atoms with Crippen molar-refractivity contribution >= 4 is 98.6 Å². The lowest BCUT2D eigenvalue weighted by atomic mass is 9.78. The van der Waals surface area contributed by atoms with Crippen LogP contribution in [0, 0.1) is 5.92 Å². The maximum absolute atomic E-state index is 13.4. The quantitative estimate of drug-likeness (QED) is 0.125. The van der Waals surface area contributed by atoms with Crippen LogP contribution >= 0.6 is 31.9 Å². The minimum atomic E-state index is -0.435. The lowest BCUT2D eigenvalue weighted by Crippen LogP contribution is -2.36. The molecule has 0 aromatic heterocycles. The van der Waals surface area contributed by atoms with E-state index >= 15 is 0 Å². The van der Waals surface area contributed by atoms with Crippen molar-refractivity contribution in [3.8, 4) is 0 Å². The van der Waals surface area contributed by atoms with Gasteiger partial charge in [0, 0.05) is 58.0 Å². The Balaban J connectivity index is 1.82. The summed E-state index contributed by atoms with van der Waals surface area (Å²) in [5.41, 5.74) is 2.73. The standard InChI is InChI=1S/C30H20Br2N2O4/c1-10(2)8-11(3)18-25-23-15(28(36)34-30(25)38)7-4-12-20-17(31)9-16-19-14(27(35)33-29(16)37)6-5-13(21(19)20)24(22(12)23)26(18)32/h4-7,9-11H,8H2,1-3H3,(H,33,35,37)(H,34,36,38). The van der Waals surface area contributed by atoms with Crippen molar-refractivity contribution in [2.75, 3.05) is 0 Å². The third-order valence-corrected chi connectivity index (χ3v) is 9.39. The van der Waals surface area contributed by atoms with Gasteiger partial charge in [-0.2, -0.15) is 0 Å². The lowest BCUT2D eigenvalue weighted by molar-refractivity contribution is 0.0828. The summed E-state index contributed by atoms with van der Waals surface area (Å²) in [7, 11) is 0. The summed E-state index contributed by atoms with van der Waals surface area (Å²) in [6.45, 7) is 6.40. The highest BCUT2D eigenvalue weighted by Gasteiger charge is 2.35. The normalized spacial score (nSPS) is 15.8. The molecular weight excluding hydrogens is 612 g/mol. The number of fused-ring (bicyclic) bond motifs is 2. The van der Waals surface area contributed by atoms with Crippen molar-refractivity contribution < 1.29 is 19.2 Å². The molecule has 1 atom stereocenters. The van der Waals surface area contributed by atoms with Crippen LogP contribution in [0.4, 0.5) is 0 Å². The Morgan fingerprint density at radius 3 is 1.87 bits per heavy atom. The zero-order valence-corrected chi connectivity index (χ0v) is 23.8. The number of carbonyl (C=O) groups is 4. The Kier molecular flexibility index (Phi) is 4.89. The molecule has 7 rings (SSSR count). The molecule has 2 heterocycles. The number of carbonyl (C=O) groups excluding carboxylic acids is 4. The molecule has 0 saturated heterocycles. The minimum absolute atomic E-state index is 0.0240. The Bertz CT molecular complexity index is 1990. The maximum Gasteiger partial charge on any atom is 0.259 e. The molecule has 0 fully saturated rings. The zero-order chi connectivity index (χ0) is 26.8. The van der Waals surface area contributed by atoms with Gasteiger partial charge in [0.25, 0.3) is 23.6 Å². The monoisotopic (exact) mass is 630 g/mol. The number of hydrogen-bond donors (Lipinski definition) is 2. The zero-order valence-electron chi connectivity index (χ0n) is 20.6. The van der Waals surface area contributed by atoms with Gasteiger partial charge in [-0.25, -0.2) is 0 Å². The average molecular weight is 632 g/mol. The number of hydrogen-bond acceptors (Lipinski definition) is 4. The third kappa shape index (κ3) is 2.87. The van der Waals surface area contributed by atoms with Gasteiger partial charge in [-0.1, -0.05) is 48.8 Å². The Hall–Kier alpha value is -3.36. The van der Waals surface area contributed by atoms with Gasteiger partial charge >= 0.3 is 0 Å². The molecular formula is C30H20Br2N2O4. The van der Waals surface area contributed by atoms with E-state index in [0.717, 1.165) is 48.8 Å². The predicted octanol–water partition coefficient (Wildman–Crippen LogP) is 7.18. The fourth-order valence-corrected chi connectivity index (χ4v) is 8.27. The van der Waals surface area contributed by atoms with Crippen LogP contribution in [0.5, 0.6) is 0 Å². The summed E-state index contributed by atoms with van der Waals surface area (Å²) in [6, 6.07) is 9.07. The highest BCUT2D eigenvalue weighted by molar-refractivity contribution is 9.11. The van der Waals surface area contributed by atoms with Gasteiger partial charge < -0.3 is 0 Å². The van der Waals surface area contributed by atoms with Crippen molar-refractivity contribution in [3.05, 3.63) is 67.1 Å². The molecule has 2 aliphatic rings. The van der Waals surface area contributed by atoms with Crippen LogP contribution in [0.3, 0.4) is 0 Å². The van der Waals surface area contributed by atoms with Crippen molar-refractivity contribution in [3.63, 3.8) is 0 Å². The van der Waals surface area contributed by atoms with Crippen molar-refractivity contribution in [2.24, 2.45) is 5.92 Å². The summed E-state index contributed by atoms with van der Waals surface area (Å²) in [5, 5.41) is 11.3. The molecule has 5 aromatic carbocycles. The van der Waals surface area contributed by atoms with Crippen LogP contribution in [0.25, 0.3) is 43.1 Å². The minimum Gasteiger partial charge on any atom is -0.288 e. The Morgan fingerprint density at radius 1 is 0.658 bits per heavy atom. The highest BCUT2D eigenvalue weighted by Crippen LogP contribution is 2.52. The van der Waals surface area contributed by atoms with Crippen LogP contribution < -0.4 is 10.6 Å². The van der Waals surface area contributed by atoms with E-state index < -0.39 is 23.6 Å². The Labute approximate surface area is 233 Å². The molecule has 2 N–H and O–H groups in total. The van der Waals surface area contributed by atoms with E-state index in [9.17, 15) is 19.2 Å². The second-order valence-corrected chi connectivity index (χ2v) is 12.3. The average Bonchev–Trinajstić information content (AvgIpc) is 2.85. The molecule has 188 valence electrons. The summed E-state index contributed by atoms with van der Waals surface area (Å²) < 4.78 is 1.50. The van der Waals surface area contributed by atoms with E-state index in [1.54, 1.807) is 18.2 Å². The van der Waals surface area contributed by atoms with Gasteiger partial charge in [0.1, 0.15) is 0 Å². The van der Waals surface area contributed by atoms with E-state index in [1.807, 2.05) is 12.1 Å². The van der Waals surface area contributed by atoms with Crippen molar-refractivity contribution in [1.29, 1.82) is 0 Å². The first-order valence-electron chi connectivity index (χ1n) is 12.4. The molecule has 0 aliphatic carbocycles. The third-order valence-electron chi connectivity index (χ3n) is 7.94. The number of amides is 4. The largest absolute Gasteiger partial charge is 0.288 e. The summed E-state index contributed by atoms with van der Waals surface area (Å²) >= 11 is 7.61. The second-order valence-electron chi connectivity index (χ2n) is 10.7. The first-order chi connectivity index (χ1) is 18.1. The van der Waals surface area contributed by atoms with Gasteiger partial charge in [-0.3, -0.25) is 29.8 Å². The summed E-state index contributed by atoms with van der Waals surface area (Å²) in [5.74, 6) is -1.25. The number of benzene rings is 5. The molecule has 6 nitrogen and oxygen atoms in total.